The third-order valence-corrected chi connectivity index (χ3v) is 8.68. The number of ether oxygens (including phenoxy) is 2. The second-order valence-corrected chi connectivity index (χ2v) is 13.0. The van der Waals surface area contributed by atoms with Gasteiger partial charge in [0.1, 0.15) is 6.10 Å². The average Bonchev–Trinajstić information content (AvgIpc) is 3.00. The maximum Gasteiger partial charge on any atom is 0.306 e. The molecule has 0 bridgehead atoms. The lowest BCUT2D eigenvalue weighted by Crippen LogP contribution is -2.27. The van der Waals surface area contributed by atoms with Crippen LogP contribution < -0.4 is 0 Å². The van der Waals surface area contributed by atoms with Gasteiger partial charge in [0, 0.05) is 13.0 Å². The monoisotopic (exact) mass is 597 g/mol. The summed E-state index contributed by atoms with van der Waals surface area (Å²) in [6, 6.07) is 0. The molecule has 0 aliphatic rings. The van der Waals surface area contributed by atoms with Gasteiger partial charge in [0.2, 0.25) is 0 Å². The molecule has 0 fully saturated rings. The predicted molar refractivity (Wildman–Crippen MR) is 182 cm³/mol. The van der Waals surface area contributed by atoms with Crippen LogP contribution in [0.3, 0.4) is 0 Å². The lowest BCUT2D eigenvalue weighted by Gasteiger charge is -2.16. The predicted octanol–water partition coefficient (Wildman–Crippen LogP) is 12.0. The van der Waals surface area contributed by atoms with Crippen LogP contribution in [-0.2, 0) is 14.3 Å². The summed E-state index contributed by atoms with van der Waals surface area (Å²) in [5.41, 5.74) is 0. The Labute approximate surface area is 263 Å². The van der Waals surface area contributed by atoms with Gasteiger partial charge in [0.25, 0.3) is 0 Å². The first-order valence-corrected chi connectivity index (χ1v) is 19.1. The lowest BCUT2D eigenvalue weighted by atomic mass is 10.0. The van der Waals surface area contributed by atoms with E-state index in [1.165, 1.54) is 173 Å². The normalized spacial score (nSPS) is 12.2. The Morgan fingerprint density at radius 2 is 0.786 bits per heavy atom. The van der Waals surface area contributed by atoms with Gasteiger partial charge in [-0.3, -0.25) is 4.79 Å². The van der Waals surface area contributed by atoms with Crippen LogP contribution in [0.1, 0.15) is 213 Å². The van der Waals surface area contributed by atoms with Crippen LogP contribution in [0, 0.1) is 0 Å². The molecular formula is C38H76O4. The molecule has 0 aromatic rings. The van der Waals surface area contributed by atoms with Crippen molar-refractivity contribution < 1.29 is 19.4 Å². The molecule has 0 heterocycles. The average molecular weight is 597 g/mol. The highest BCUT2D eigenvalue weighted by Gasteiger charge is 2.13. The van der Waals surface area contributed by atoms with E-state index >= 15 is 0 Å². The molecule has 252 valence electrons. The molecule has 0 radical (unpaired) electrons. The molecular weight excluding hydrogens is 520 g/mol. The van der Waals surface area contributed by atoms with E-state index in [2.05, 4.69) is 13.8 Å². The minimum atomic E-state index is -0.522. The van der Waals surface area contributed by atoms with Crippen molar-refractivity contribution in [3.8, 4) is 0 Å². The summed E-state index contributed by atoms with van der Waals surface area (Å²) in [4.78, 5) is 12.0. The van der Waals surface area contributed by atoms with Crippen LogP contribution in [0.25, 0.3) is 0 Å². The number of aliphatic hydroxyl groups excluding tert-OH is 1. The number of unbranched alkanes of at least 4 members (excludes halogenated alkanes) is 28. The third kappa shape index (κ3) is 33.9. The van der Waals surface area contributed by atoms with Crippen molar-refractivity contribution in [3.05, 3.63) is 0 Å². The number of aliphatic hydroxyl groups is 1. The molecule has 42 heavy (non-hydrogen) atoms. The molecule has 0 amide bonds. The number of hydrogen-bond acceptors (Lipinski definition) is 4. The largest absolute Gasteiger partial charge is 0.457 e. The Morgan fingerprint density at radius 3 is 1.12 bits per heavy atom. The fourth-order valence-electron chi connectivity index (χ4n) is 5.80. The van der Waals surface area contributed by atoms with Gasteiger partial charge < -0.3 is 14.6 Å². The molecule has 0 saturated heterocycles. The molecule has 0 aromatic carbocycles. The van der Waals surface area contributed by atoms with Gasteiger partial charge in [-0.1, -0.05) is 194 Å². The van der Waals surface area contributed by atoms with Crippen LogP contribution >= 0.6 is 0 Å². The Balaban J connectivity index is 3.30. The molecule has 1 unspecified atom stereocenters. The van der Waals surface area contributed by atoms with E-state index in [0.29, 0.717) is 19.6 Å². The van der Waals surface area contributed by atoms with Gasteiger partial charge in [-0.05, 0) is 12.8 Å². The van der Waals surface area contributed by atoms with Crippen molar-refractivity contribution >= 4 is 5.97 Å². The maximum absolute atomic E-state index is 12.0. The second-order valence-electron chi connectivity index (χ2n) is 13.0. The molecule has 1 N–H and O–H groups in total. The SMILES string of the molecule is CCCCCCCCCCCCCCCCCCCCCCCCOCC(CO)OC(=O)CCCCCCCCCC. The number of carbonyl (C=O) groups excluding carboxylic acids is 1. The van der Waals surface area contributed by atoms with Crippen molar-refractivity contribution in [1.29, 1.82) is 0 Å². The summed E-state index contributed by atoms with van der Waals surface area (Å²) in [6.45, 7) is 5.36. The zero-order valence-electron chi connectivity index (χ0n) is 28.8. The van der Waals surface area contributed by atoms with Gasteiger partial charge in [-0.25, -0.2) is 0 Å². The highest BCUT2D eigenvalue weighted by atomic mass is 16.6. The van der Waals surface area contributed by atoms with Crippen LogP contribution in [0.4, 0.5) is 0 Å². The summed E-state index contributed by atoms with van der Waals surface area (Å²) < 4.78 is 11.1. The molecule has 0 aromatic heterocycles. The lowest BCUT2D eigenvalue weighted by molar-refractivity contribution is -0.154. The minimum absolute atomic E-state index is 0.164. The van der Waals surface area contributed by atoms with Crippen molar-refractivity contribution in [1.82, 2.24) is 0 Å². The van der Waals surface area contributed by atoms with Gasteiger partial charge in [0.05, 0.1) is 13.2 Å². The highest BCUT2D eigenvalue weighted by molar-refractivity contribution is 5.69. The fourth-order valence-corrected chi connectivity index (χ4v) is 5.80. The smallest absolute Gasteiger partial charge is 0.306 e. The van der Waals surface area contributed by atoms with Crippen molar-refractivity contribution in [3.63, 3.8) is 0 Å². The molecule has 0 aliphatic heterocycles. The van der Waals surface area contributed by atoms with Gasteiger partial charge in [0.15, 0.2) is 0 Å². The van der Waals surface area contributed by atoms with Crippen LogP contribution in [-0.4, -0.2) is 37.0 Å². The van der Waals surface area contributed by atoms with Gasteiger partial charge in [-0.15, -0.1) is 0 Å². The summed E-state index contributed by atoms with van der Waals surface area (Å²) >= 11 is 0. The van der Waals surface area contributed by atoms with E-state index in [9.17, 15) is 9.90 Å². The first-order valence-electron chi connectivity index (χ1n) is 19.1. The number of rotatable bonds is 36. The third-order valence-electron chi connectivity index (χ3n) is 8.68. The first-order chi connectivity index (χ1) is 20.7. The highest BCUT2D eigenvalue weighted by Crippen LogP contribution is 2.15. The van der Waals surface area contributed by atoms with E-state index in [-0.39, 0.29) is 12.6 Å². The molecule has 4 nitrogen and oxygen atoms in total. The Hall–Kier alpha value is -0.610. The summed E-state index contributed by atoms with van der Waals surface area (Å²) in [6.07, 6.45) is 40.2. The minimum Gasteiger partial charge on any atom is -0.457 e. The summed E-state index contributed by atoms with van der Waals surface area (Å²) in [5.74, 6) is -0.201. The second kappa shape index (κ2) is 36.6. The van der Waals surface area contributed by atoms with Gasteiger partial charge in [-0.2, -0.15) is 0 Å². The summed E-state index contributed by atoms with van der Waals surface area (Å²) in [5, 5.41) is 9.51. The number of hydrogen-bond donors (Lipinski definition) is 1. The Morgan fingerprint density at radius 1 is 0.476 bits per heavy atom. The van der Waals surface area contributed by atoms with Gasteiger partial charge >= 0.3 is 5.97 Å². The quantitative estimate of drug-likeness (QED) is 0.0577. The zero-order valence-corrected chi connectivity index (χ0v) is 28.8. The molecule has 0 saturated carbocycles. The summed E-state index contributed by atoms with van der Waals surface area (Å²) in [7, 11) is 0. The van der Waals surface area contributed by atoms with E-state index in [1.807, 2.05) is 0 Å². The van der Waals surface area contributed by atoms with E-state index in [1.54, 1.807) is 0 Å². The Bertz CT molecular complexity index is 509. The van der Waals surface area contributed by atoms with E-state index in [4.69, 9.17) is 9.47 Å². The molecule has 1 atom stereocenters. The van der Waals surface area contributed by atoms with E-state index in [0.717, 1.165) is 19.3 Å². The van der Waals surface area contributed by atoms with Crippen molar-refractivity contribution in [2.75, 3.05) is 19.8 Å². The Kier molecular flexibility index (Phi) is 36.0. The molecule has 0 spiro atoms. The van der Waals surface area contributed by atoms with Crippen LogP contribution in [0.2, 0.25) is 0 Å². The fraction of sp³-hybridized carbons (Fsp3) is 0.974. The van der Waals surface area contributed by atoms with Crippen LogP contribution in [0.15, 0.2) is 0 Å². The van der Waals surface area contributed by atoms with Crippen LogP contribution in [0.5, 0.6) is 0 Å². The van der Waals surface area contributed by atoms with E-state index < -0.39 is 6.10 Å². The first kappa shape index (κ1) is 41.4. The van der Waals surface area contributed by atoms with Crippen molar-refractivity contribution in [2.45, 2.75) is 219 Å². The van der Waals surface area contributed by atoms with Crippen molar-refractivity contribution in [2.24, 2.45) is 0 Å². The molecule has 0 aliphatic carbocycles. The number of carbonyl (C=O) groups is 1. The molecule has 4 heteroatoms. The zero-order chi connectivity index (χ0) is 30.6. The standard InChI is InChI=1S/C38H76O4/c1-3-5-7-9-11-13-14-15-16-17-18-19-20-21-22-23-24-25-26-28-30-32-34-41-36-37(35-39)42-38(40)33-31-29-27-12-10-8-6-4-2/h37,39H,3-36H2,1-2H3. The number of esters is 1. The maximum atomic E-state index is 12.0. The molecule has 0 rings (SSSR count). The topological polar surface area (TPSA) is 55.8 Å².